The van der Waals surface area contributed by atoms with Crippen LogP contribution in [0.25, 0.3) is 0 Å². The third-order valence-corrected chi connectivity index (χ3v) is 2.81. The Labute approximate surface area is 104 Å². The molecule has 0 amide bonds. The molecular weight excluding hydrogens is 239 g/mol. The Morgan fingerprint density at radius 2 is 1.78 bits per heavy atom. The summed E-state index contributed by atoms with van der Waals surface area (Å²) in [4.78, 5) is 22.1. The van der Waals surface area contributed by atoms with E-state index in [9.17, 15) is 24.7 Å². The third-order valence-electron chi connectivity index (χ3n) is 2.81. The van der Waals surface area contributed by atoms with Crippen LogP contribution in [-0.4, -0.2) is 39.3 Å². The first-order valence-electron chi connectivity index (χ1n) is 5.19. The Kier molecular flexibility index (Phi) is 4.10. The summed E-state index contributed by atoms with van der Waals surface area (Å²) in [6.45, 7) is 1.24. The Bertz CT molecular complexity index is 472. The molecule has 96 valence electrons. The van der Waals surface area contributed by atoms with Crippen molar-refractivity contribution in [3.05, 3.63) is 29.8 Å². The second kappa shape index (κ2) is 5.20. The number of carbonyl (C=O) groups is 2. The van der Waals surface area contributed by atoms with Gasteiger partial charge in [0.25, 0.3) is 0 Å². The van der Waals surface area contributed by atoms with E-state index in [0.29, 0.717) is 0 Å². The fourth-order valence-electron chi connectivity index (χ4n) is 1.81. The molecule has 0 bridgehead atoms. The highest BCUT2D eigenvalue weighted by Gasteiger charge is 2.40. The van der Waals surface area contributed by atoms with Gasteiger partial charge < -0.3 is 20.3 Å². The molecule has 0 fully saturated rings. The Balaban J connectivity index is 3.39. The smallest absolute Gasteiger partial charge is 0.481 e. The van der Waals surface area contributed by atoms with E-state index in [4.69, 9.17) is 5.11 Å². The standard InChI is InChI=1S/C11H13BO6/c1-11(10(15)16,6-9(13)14)7-4-2-3-5-8(7)12(17)18/h2-5,17-18H,6H2,1H3,(H,13,14)(H,15,16). The van der Waals surface area contributed by atoms with E-state index >= 15 is 0 Å². The first-order valence-corrected chi connectivity index (χ1v) is 5.19. The van der Waals surface area contributed by atoms with Crippen LogP contribution in [0.4, 0.5) is 0 Å². The second-order valence-corrected chi connectivity index (χ2v) is 4.17. The van der Waals surface area contributed by atoms with Gasteiger partial charge >= 0.3 is 19.1 Å². The van der Waals surface area contributed by atoms with Gasteiger partial charge in [-0.2, -0.15) is 0 Å². The first kappa shape index (κ1) is 14.2. The van der Waals surface area contributed by atoms with Gasteiger partial charge in [0.15, 0.2) is 0 Å². The van der Waals surface area contributed by atoms with Gasteiger partial charge in [-0.1, -0.05) is 24.3 Å². The van der Waals surface area contributed by atoms with Gasteiger partial charge in [-0.3, -0.25) is 9.59 Å². The molecule has 0 heterocycles. The summed E-state index contributed by atoms with van der Waals surface area (Å²) in [7, 11) is -1.85. The lowest BCUT2D eigenvalue weighted by atomic mass is 9.68. The largest absolute Gasteiger partial charge is 0.488 e. The van der Waals surface area contributed by atoms with Crippen molar-refractivity contribution in [3.63, 3.8) is 0 Å². The predicted octanol–water partition coefficient (Wildman–Crippen LogP) is -0.817. The Hall–Kier alpha value is -1.86. The fourth-order valence-corrected chi connectivity index (χ4v) is 1.81. The van der Waals surface area contributed by atoms with Crippen LogP contribution in [0.5, 0.6) is 0 Å². The van der Waals surface area contributed by atoms with Crippen LogP contribution in [0, 0.1) is 0 Å². The van der Waals surface area contributed by atoms with Crippen molar-refractivity contribution in [2.24, 2.45) is 0 Å². The molecule has 7 heteroatoms. The Morgan fingerprint density at radius 3 is 2.22 bits per heavy atom. The lowest BCUT2D eigenvalue weighted by Gasteiger charge is -2.26. The van der Waals surface area contributed by atoms with Gasteiger partial charge in [-0.25, -0.2) is 0 Å². The molecule has 0 aliphatic carbocycles. The summed E-state index contributed by atoms with van der Waals surface area (Å²) in [6, 6.07) is 5.76. The van der Waals surface area contributed by atoms with Crippen molar-refractivity contribution >= 4 is 24.5 Å². The van der Waals surface area contributed by atoms with Crippen molar-refractivity contribution < 1.29 is 29.9 Å². The highest BCUT2D eigenvalue weighted by molar-refractivity contribution is 6.59. The third kappa shape index (κ3) is 2.69. The van der Waals surface area contributed by atoms with E-state index in [0.717, 1.165) is 0 Å². The number of rotatable bonds is 5. The number of carboxylic acid groups (broad SMARTS) is 2. The lowest BCUT2D eigenvalue weighted by Crippen LogP contribution is -2.44. The van der Waals surface area contributed by atoms with Gasteiger partial charge in [0.2, 0.25) is 0 Å². The molecule has 1 atom stereocenters. The van der Waals surface area contributed by atoms with E-state index in [2.05, 4.69) is 0 Å². The molecule has 0 aromatic heterocycles. The van der Waals surface area contributed by atoms with E-state index < -0.39 is 30.9 Å². The molecule has 6 nitrogen and oxygen atoms in total. The summed E-state index contributed by atoms with van der Waals surface area (Å²) in [5.41, 5.74) is -1.65. The van der Waals surface area contributed by atoms with Crippen LogP contribution >= 0.6 is 0 Å². The number of hydrogen-bond acceptors (Lipinski definition) is 4. The summed E-state index contributed by atoms with van der Waals surface area (Å²) in [6.07, 6.45) is -0.647. The van der Waals surface area contributed by atoms with Crippen LogP contribution in [0.15, 0.2) is 24.3 Å². The first-order chi connectivity index (χ1) is 8.29. The summed E-state index contributed by atoms with van der Waals surface area (Å²) in [5.74, 6) is -2.61. The average molecular weight is 252 g/mol. The van der Waals surface area contributed by atoms with Crippen molar-refractivity contribution in [1.82, 2.24) is 0 Å². The molecule has 0 aliphatic rings. The zero-order valence-corrected chi connectivity index (χ0v) is 9.70. The lowest BCUT2D eigenvalue weighted by molar-refractivity contribution is -0.149. The maximum Gasteiger partial charge on any atom is 0.488 e. The van der Waals surface area contributed by atoms with Crippen molar-refractivity contribution in [1.29, 1.82) is 0 Å². The average Bonchev–Trinajstić information content (AvgIpc) is 2.27. The molecule has 1 unspecified atom stereocenters. The fraction of sp³-hybridized carbons (Fsp3) is 0.273. The molecule has 1 aromatic rings. The monoisotopic (exact) mass is 252 g/mol. The minimum atomic E-state index is -1.85. The van der Waals surface area contributed by atoms with Gasteiger partial charge in [0.05, 0.1) is 11.8 Å². The summed E-state index contributed by atoms with van der Waals surface area (Å²) < 4.78 is 0. The minimum absolute atomic E-state index is 0.0105. The summed E-state index contributed by atoms with van der Waals surface area (Å²) >= 11 is 0. The van der Waals surface area contributed by atoms with Gasteiger partial charge in [-0.05, 0) is 17.9 Å². The van der Waals surface area contributed by atoms with Crippen molar-refractivity contribution in [2.45, 2.75) is 18.8 Å². The molecule has 1 aromatic carbocycles. The maximum absolute atomic E-state index is 11.3. The van der Waals surface area contributed by atoms with Crippen molar-refractivity contribution in [3.8, 4) is 0 Å². The zero-order valence-electron chi connectivity index (χ0n) is 9.70. The molecular formula is C11H13BO6. The van der Waals surface area contributed by atoms with Crippen LogP contribution in [0.3, 0.4) is 0 Å². The zero-order chi connectivity index (χ0) is 13.9. The molecule has 4 N–H and O–H groups in total. The van der Waals surface area contributed by atoms with Crippen LogP contribution < -0.4 is 5.46 Å². The predicted molar refractivity (Wildman–Crippen MR) is 63.5 cm³/mol. The maximum atomic E-state index is 11.3. The van der Waals surface area contributed by atoms with E-state index in [1.54, 1.807) is 0 Å². The van der Waals surface area contributed by atoms with E-state index in [-0.39, 0.29) is 11.0 Å². The molecule has 0 aliphatic heterocycles. The van der Waals surface area contributed by atoms with Gasteiger partial charge in [0, 0.05) is 0 Å². The highest BCUT2D eigenvalue weighted by atomic mass is 16.4. The minimum Gasteiger partial charge on any atom is -0.481 e. The normalized spacial score (nSPS) is 13.7. The topological polar surface area (TPSA) is 115 Å². The van der Waals surface area contributed by atoms with Crippen molar-refractivity contribution in [2.75, 3.05) is 0 Å². The Morgan fingerprint density at radius 1 is 1.22 bits per heavy atom. The number of hydrogen-bond donors (Lipinski definition) is 4. The highest BCUT2D eigenvalue weighted by Crippen LogP contribution is 2.27. The van der Waals surface area contributed by atoms with Gasteiger partial charge in [0.1, 0.15) is 0 Å². The molecule has 0 spiro atoms. The number of benzene rings is 1. The van der Waals surface area contributed by atoms with E-state index in [1.807, 2.05) is 0 Å². The quantitative estimate of drug-likeness (QED) is 0.509. The number of aliphatic carboxylic acids is 2. The van der Waals surface area contributed by atoms with Crippen LogP contribution in [0.2, 0.25) is 0 Å². The molecule has 0 saturated carbocycles. The molecule has 0 saturated heterocycles. The van der Waals surface area contributed by atoms with Crippen LogP contribution in [0.1, 0.15) is 18.9 Å². The molecule has 18 heavy (non-hydrogen) atoms. The molecule has 0 radical (unpaired) electrons. The van der Waals surface area contributed by atoms with Crippen LogP contribution in [-0.2, 0) is 15.0 Å². The molecule has 1 rings (SSSR count). The van der Waals surface area contributed by atoms with Gasteiger partial charge in [-0.15, -0.1) is 0 Å². The summed E-state index contributed by atoms with van der Waals surface area (Å²) in [5, 5.41) is 36.4. The van der Waals surface area contributed by atoms with E-state index in [1.165, 1.54) is 31.2 Å². The second-order valence-electron chi connectivity index (χ2n) is 4.17. The SMILES string of the molecule is CC(CC(=O)O)(C(=O)O)c1ccccc1B(O)O. The number of carboxylic acids is 2.